The smallest absolute Gasteiger partial charge is 0.148 e. The van der Waals surface area contributed by atoms with Gasteiger partial charge in [-0.15, -0.1) is 0 Å². The van der Waals surface area contributed by atoms with Crippen LogP contribution in [0.25, 0.3) is 10.9 Å². The summed E-state index contributed by atoms with van der Waals surface area (Å²) in [6.07, 6.45) is 1.12. The van der Waals surface area contributed by atoms with Crippen LogP contribution in [0.2, 0.25) is 5.02 Å². The molecule has 3 heterocycles. The van der Waals surface area contributed by atoms with Gasteiger partial charge in [-0.05, 0) is 12.5 Å². The highest BCUT2D eigenvalue weighted by atomic mass is 35.5. The Morgan fingerprint density at radius 1 is 1.43 bits per heavy atom. The van der Waals surface area contributed by atoms with Crippen LogP contribution < -0.4 is 15.0 Å². The Labute approximate surface area is 139 Å². The lowest BCUT2D eigenvalue weighted by Gasteiger charge is -2.39. The molecule has 23 heavy (non-hydrogen) atoms. The first-order valence-electron chi connectivity index (χ1n) is 7.69. The van der Waals surface area contributed by atoms with E-state index in [0.717, 1.165) is 38.0 Å². The third kappa shape index (κ3) is 2.13. The van der Waals surface area contributed by atoms with Gasteiger partial charge in [-0.2, -0.15) is 5.26 Å². The standard InChI is InChI=1S/C17H17ClN4O/c1-23-13-4-2-3-11-14(18)12(7-19)16(21-15(11)13)22-6-5-17(10-22)8-20-9-17/h2-4,20H,5-6,8-10H2,1H3. The summed E-state index contributed by atoms with van der Waals surface area (Å²) in [4.78, 5) is 6.95. The molecule has 118 valence electrons. The average Bonchev–Trinajstić information content (AvgIpc) is 3.00. The first-order chi connectivity index (χ1) is 11.2. The van der Waals surface area contributed by atoms with Gasteiger partial charge in [0.15, 0.2) is 0 Å². The molecule has 2 aromatic rings. The zero-order valence-corrected chi connectivity index (χ0v) is 13.7. The minimum atomic E-state index is 0.330. The molecule has 2 aliphatic rings. The molecule has 2 fully saturated rings. The Morgan fingerprint density at radius 3 is 2.87 bits per heavy atom. The SMILES string of the molecule is COc1cccc2c(Cl)c(C#N)c(N3CCC4(CNC4)C3)nc12. The molecule has 6 heteroatoms. The van der Waals surface area contributed by atoms with Crippen LogP contribution >= 0.6 is 11.6 Å². The summed E-state index contributed by atoms with van der Waals surface area (Å²) in [5, 5.41) is 14.2. The van der Waals surface area contributed by atoms with E-state index >= 15 is 0 Å². The first-order valence-corrected chi connectivity index (χ1v) is 8.07. The lowest BCUT2D eigenvalue weighted by molar-refractivity contribution is 0.199. The van der Waals surface area contributed by atoms with Crippen LogP contribution in [0.3, 0.4) is 0 Å². The quantitative estimate of drug-likeness (QED) is 0.918. The van der Waals surface area contributed by atoms with E-state index in [-0.39, 0.29) is 0 Å². The summed E-state index contributed by atoms with van der Waals surface area (Å²) in [6.45, 7) is 3.89. The second-order valence-electron chi connectivity index (χ2n) is 6.37. The van der Waals surface area contributed by atoms with Crippen LogP contribution in [0.5, 0.6) is 5.75 Å². The molecule has 0 atom stereocenters. The van der Waals surface area contributed by atoms with Gasteiger partial charge < -0.3 is 15.0 Å². The van der Waals surface area contributed by atoms with Crippen LogP contribution in [0.15, 0.2) is 18.2 Å². The number of rotatable bonds is 2. The van der Waals surface area contributed by atoms with Gasteiger partial charge >= 0.3 is 0 Å². The van der Waals surface area contributed by atoms with Crippen molar-refractivity contribution in [3.63, 3.8) is 0 Å². The van der Waals surface area contributed by atoms with Crippen molar-refractivity contribution in [3.8, 4) is 11.8 Å². The van der Waals surface area contributed by atoms with Gasteiger partial charge in [-0.25, -0.2) is 4.98 Å². The summed E-state index contributed by atoms with van der Waals surface area (Å²) in [5.74, 6) is 1.35. The molecule has 0 aliphatic carbocycles. The number of para-hydroxylation sites is 1. The fourth-order valence-electron chi connectivity index (χ4n) is 3.59. The van der Waals surface area contributed by atoms with E-state index in [0.29, 0.717) is 33.1 Å². The Balaban J connectivity index is 1.87. The van der Waals surface area contributed by atoms with Gasteiger partial charge in [0, 0.05) is 37.0 Å². The topological polar surface area (TPSA) is 61.2 Å². The number of pyridine rings is 1. The number of nitrogens with one attached hydrogen (secondary N) is 1. The largest absolute Gasteiger partial charge is 0.494 e. The van der Waals surface area contributed by atoms with Crippen LogP contribution in [-0.2, 0) is 0 Å². The molecule has 0 unspecified atom stereocenters. The van der Waals surface area contributed by atoms with Crippen molar-refractivity contribution in [2.24, 2.45) is 5.41 Å². The molecule has 1 aromatic heterocycles. The molecule has 0 amide bonds. The molecule has 2 aliphatic heterocycles. The summed E-state index contributed by atoms with van der Waals surface area (Å²) in [7, 11) is 1.62. The van der Waals surface area contributed by atoms with E-state index < -0.39 is 0 Å². The van der Waals surface area contributed by atoms with Crippen LogP contribution in [0.1, 0.15) is 12.0 Å². The number of halogens is 1. The normalized spacial score (nSPS) is 18.9. The van der Waals surface area contributed by atoms with E-state index in [2.05, 4.69) is 16.3 Å². The number of methoxy groups -OCH3 is 1. The number of ether oxygens (including phenoxy) is 1. The number of nitriles is 1. The maximum absolute atomic E-state index is 9.60. The number of hydrogen-bond acceptors (Lipinski definition) is 5. The Kier molecular flexibility index (Phi) is 3.33. The van der Waals surface area contributed by atoms with Gasteiger partial charge in [-0.3, -0.25) is 0 Å². The molecule has 5 nitrogen and oxygen atoms in total. The van der Waals surface area contributed by atoms with Crippen molar-refractivity contribution in [3.05, 3.63) is 28.8 Å². The molecule has 0 bridgehead atoms. The Bertz CT molecular complexity index is 825. The molecular formula is C17H17ClN4O. The summed E-state index contributed by atoms with van der Waals surface area (Å²) < 4.78 is 5.41. The average molecular weight is 329 g/mol. The van der Waals surface area contributed by atoms with E-state index in [1.54, 1.807) is 7.11 Å². The van der Waals surface area contributed by atoms with Crippen molar-refractivity contribution in [1.29, 1.82) is 5.26 Å². The minimum absolute atomic E-state index is 0.330. The molecule has 0 radical (unpaired) electrons. The molecule has 4 rings (SSSR count). The monoisotopic (exact) mass is 328 g/mol. The second-order valence-corrected chi connectivity index (χ2v) is 6.75. The highest BCUT2D eigenvalue weighted by molar-refractivity contribution is 6.37. The lowest BCUT2D eigenvalue weighted by Crippen LogP contribution is -2.54. The molecule has 1 aromatic carbocycles. The van der Waals surface area contributed by atoms with Crippen LogP contribution in [-0.4, -0.2) is 38.3 Å². The van der Waals surface area contributed by atoms with Gasteiger partial charge in [0.1, 0.15) is 28.7 Å². The van der Waals surface area contributed by atoms with Gasteiger partial charge in [0.05, 0.1) is 12.1 Å². The van der Waals surface area contributed by atoms with Gasteiger partial charge in [0.2, 0.25) is 0 Å². The zero-order chi connectivity index (χ0) is 16.0. The van der Waals surface area contributed by atoms with Gasteiger partial charge in [-0.1, -0.05) is 23.7 Å². The first kappa shape index (κ1) is 14.6. The van der Waals surface area contributed by atoms with Crippen molar-refractivity contribution < 1.29 is 4.74 Å². The van der Waals surface area contributed by atoms with E-state index in [1.807, 2.05) is 18.2 Å². The predicted molar refractivity (Wildman–Crippen MR) is 90.2 cm³/mol. The second kappa shape index (κ2) is 5.26. The number of hydrogen-bond donors (Lipinski definition) is 1. The third-order valence-corrected chi connectivity index (χ3v) is 5.36. The zero-order valence-electron chi connectivity index (χ0n) is 12.9. The van der Waals surface area contributed by atoms with E-state index in [4.69, 9.17) is 21.3 Å². The molecular weight excluding hydrogens is 312 g/mol. The summed E-state index contributed by atoms with van der Waals surface area (Å²) in [6, 6.07) is 7.84. The van der Waals surface area contributed by atoms with Crippen molar-refractivity contribution >= 4 is 28.3 Å². The highest BCUT2D eigenvalue weighted by Gasteiger charge is 2.44. The minimum Gasteiger partial charge on any atom is -0.494 e. The Morgan fingerprint density at radius 2 is 2.26 bits per heavy atom. The maximum Gasteiger partial charge on any atom is 0.148 e. The third-order valence-electron chi connectivity index (χ3n) is 4.97. The Hall–Kier alpha value is -2.03. The summed E-state index contributed by atoms with van der Waals surface area (Å²) >= 11 is 6.52. The van der Waals surface area contributed by atoms with Gasteiger partial charge in [0.25, 0.3) is 0 Å². The van der Waals surface area contributed by atoms with E-state index in [9.17, 15) is 5.26 Å². The number of benzene rings is 1. The van der Waals surface area contributed by atoms with Crippen molar-refractivity contribution in [2.45, 2.75) is 6.42 Å². The fourth-order valence-corrected chi connectivity index (χ4v) is 3.86. The number of anilines is 1. The molecule has 0 saturated carbocycles. The number of aromatic nitrogens is 1. The predicted octanol–water partition coefficient (Wildman–Crippen LogP) is 2.57. The number of nitrogens with zero attached hydrogens (tertiary/aromatic N) is 3. The van der Waals surface area contributed by atoms with Crippen molar-refractivity contribution in [2.75, 3.05) is 38.2 Å². The molecule has 1 N–H and O–H groups in total. The lowest BCUT2D eigenvalue weighted by atomic mass is 9.81. The number of fused-ring (bicyclic) bond motifs is 1. The maximum atomic E-state index is 9.60. The molecule has 1 spiro atoms. The highest BCUT2D eigenvalue weighted by Crippen LogP contribution is 2.41. The van der Waals surface area contributed by atoms with Crippen LogP contribution in [0, 0.1) is 16.7 Å². The van der Waals surface area contributed by atoms with E-state index in [1.165, 1.54) is 0 Å². The molecule has 2 saturated heterocycles. The van der Waals surface area contributed by atoms with Crippen molar-refractivity contribution in [1.82, 2.24) is 10.3 Å². The van der Waals surface area contributed by atoms with Crippen LogP contribution in [0.4, 0.5) is 5.82 Å². The summed E-state index contributed by atoms with van der Waals surface area (Å²) in [5.41, 5.74) is 1.50. The fraction of sp³-hybridized carbons (Fsp3) is 0.412.